The number of aromatic amines is 1. The molecule has 0 unspecified atom stereocenters. The van der Waals surface area contributed by atoms with E-state index in [2.05, 4.69) is 4.98 Å². The molecule has 12 heavy (non-hydrogen) atoms. The molecule has 0 aromatic carbocycles. The molecule has 5 nitrogen and oxygen atoms in total. The van der Waals surface area contributed by atoms with E-state index in [4.69, 9.17) is 11.6 Å². The van der Waals surface area contributed by atoms with E-state index in [0.29, 0.717) is 5.15 Å². The number of aromatic nitrogens is 1. The molecule has 0 fully saturated rings. The van der Waals surface area contributed by atoms with Crippen molar-refractivity contribution in [1.29, 1.82) is 0 Å². The van der Waals surface area contributed by atoms with Crippen molar-refractivity contribution in [3.8, 4) is 0 Å². The molecule has 1 aromatic heterocycles. The number of halogens is 1. The molecule has 0 saturated heterocycles. The molecular weight excluding hydrogens is 360 g/mol. The summed E-state index contributed by atoms with van der Waals surface area (Å²) in [6, 6.07) is 5.55. The van der Waals surface area contributed by atoms with Crippen LogP contribution in [0.4, 0.5) is 0 Å². The van der Waals surface area contributed by atoms with Crippen LogP contribution in [0.15, 0.2) is 24.4 Å². The van der Waals surface area contributed by atoms with Crippen molar-refractivity contribution in [2.45, 2.75) is 0 Å². The summed E-state index contributed by atoms with van der Waals surface area (Å²) in [5.74, 6) is 0. The van der Waals surface area contributed by atoms with Crippen LogP contribution in [0.25, 0.3) is 0 Å². The maximum Gasteiger partial charge on any atom is 0.273 e. The third-order valence-corrected chi connectivity index (χ3v) is 0.906. The molecule has 0 aliphatic carbocycles. The van der Waals surface area contributed by atoms with Crippen molar-refractivity contribution in [3.05, 3.63) is 29.5 Å². The van der Waals surface area contributed by atoms with Gasteiger partial charge in [-0.15, -0.1) is 0 Å². The Morgan fingerprint density at radius 2 is 1.50 bits per heavy atom. The largest absolute Gasteiger partial charge is 2.00 e. The van der Waals surface area contributed by atoms with E-state index in [-0.39, 0.29) is 42.3 Å². The summed E-state index contributed by atoms with van der Waals surface area (Å²) >= 11 is 5.48. The van der Waals surface area contributed by atoms with Gasteiger partial charge in [0.1, 0.15) is 0 Å². The van der Waals surface area contributed by atoms with Crippen molar-refractivity contribution in [1.82, 2.24) is 0 Å². The van der Waals surface area contributed by atoms with Gasteiger partial charge in [-0.3, -0.25) is 0 Å². The smallest absolute Gasteiger partial charge is 0.273 e. The number of hydrogen-bond donors (Lipinski definition) is 0. The molecular formula is C5H5ClNO4Re-7. The molecule has 0 atom stereocenters. The van der Waals surface area contributed by atoms with E-state index in [1.807, 2.05) is 12.1 Å². The molecule has 0 bridgehead atoms. The minimum atomic E-state index is 0. The number of nitrogens with one attached hydrogen (secondary N) is 1. The monoisotopic (exact) mass is 365 g/mol. The topological polar surface area (TPSA) is 128 Å². The van der Waals surface area contributed by atoms with Crippen LogP contribution in [0.3, 0.4) is 0 Å². The van der Waals surface area contributed by atoms with Gasteiger partial charge in [-0.2, -0.15) is 0 Å². The van der Waals surface area contributed by atoms with Crippen molar-refractivity contribution >= 4 is 11.6 Å². The minimum absolute atomic E-state index is 0. The van der Waals surface area contributed by atoms with E-state index < -0.39 is 0 Å². The molecule has 0 aliphatic rings. The minimum Gasteiger partial charge on any atom is -2.00 e. The Morgan fingerprint density at radius 3 is 1.67 bits per heavy atom. The van der Waals surface area contributed by atoms with E-state index in [1.54, 1.807) is 12.3 Å². The van der Waals surface area contributed by atoms with Gasteiger partial charge in [-0.05, 0) is 17.7 Å². The van der Waals surface area contributed by atoms with E-state index in [0.717, 1.165) is 0 Å². The summed E-state index contributed by atoms with van der Waals surface area (Å²) in [4.78, 5) is 2.80. The summed E-state index contributed by atoms with van der Waals surface area (Å²) < 4.78 is 0. The number of rotatable bonds is 0. The van der Waals surface area contributed by atoms with Gasteiger partial charge < -0.3 is 21.9 Å². The fraction of sp³-hybridized carbons (Fsp3) is 0. The first-order valence-electron chi connectivity index (χ1n) is 2.02. The van der Waals surface area contributed by atoms with Gasteiger partial charge in [-0.25, -0.2) is 4.98 Å². The summed E-state index contributed by atoms with van der Waals surface area (Å²) in [6.45, 7) is 0. The summed E-state index contributed by atoms with van der Waals surface area (Å²) in [5.41, 5.74) is 0. The Hall–Kier alpha value is -0.0577. The van der Waals surface area contributed by atoms with Crippen LogP contribution < -0.4 is 4.98 Å². The molecule has 1 rings (SSSR count). The molecule has 1 N–H and O–H groups in total. The van der Waals surface area contributed by atoms with E-state index in [9.17, 15) is 0 Å². The third kappa shape index (κ3) is 12.6. The molecule has 7 heteroatoms. The molecule has 0 aliphatic heterocycles. The van der Waals surface area contributed by atoms with E-state index >= 15 is 0 Å². The molecule has 1 radical (unpaired) electrons. The second kappa shape index (κ2) is 17.1. The maximum absolute atomic E-state index is 5.48. The summed E-state index contributed by atoms with van der Waals surface area (Å²) in [6.07, 6.45) is 1.78. The van der Waals surface area contributed by atoms with Gasteiger partial charge in [0.2, 0.25) is 0 Å². The first-order chi connectivity index (χ1) is 3.39. The molecule has 1 aromatic rings. The van der Waals surface area contributed by atoms with Gasteiger partial charge >= 0.3 is 0 Å². The Kier molecular flexibility index (Phi) is 42.4. The second-order valence-electron chi connectivity index (χ2n) is 1.21. The number of H-pyrrole nitrogens is 1. The Labute approximate surface area is 88.7 Å². The van der Waals surface area contributed by atoms with Crippen LogP contribution in [0.2, 0.25) is 5.15 Å². The molecule has 75 valence electrons. The average molecular weight is 365 g/mol. The fourth-order valence-electron chi connectivity index (χ4n) is 0.371. The van der Waals surface area contributed by atoms with Gasteiger partial charge in [0.05, 0.1) is 0 Å². The van der Waals surface area contributed by atoms with Crippen LogP contribution >= 0.6 is 11.6 Å². The quantitative estimate of drug-likeness (QED) is 0.600. The normalized spacial score (nSPS) is 5.08. The Balaban J connectivity index is -0.0000000327. The Morgan fingerprint density at radius 1 is 1.00 bits per heavy atom. The molecule has 1 heterocycles. The molecule has 0 saturated carbocycles. The zero-order chi connectivity index (χ0) is 5.11. The number of hydrogen-bond acceptors (Lipinski definition) is 0. The van der Waals surface area contributed by atoms with Crippen LogP contribution in [0, 0.1) is 0 Å². The maximum atomic E-state index is 5.48. The standard InChI is InChI=1S/C5H4ClN.4O.Re/c6-5-3-1-2-4-7-5;;;;;/h1-4H;;;;;/q;4*-2;/p+1. The zero-order valence-corrected chi connectivity index (χ0v) is 9.17. The summed E-state index contributed by atoms with van der Waals surface area (Å²) in [5, 5.41) is 0.669. The second-order valence-corrected chi connectivity index (χ2v) is 1.62. The van der Waals surface area contributed by atoms with Gasteiger partial charge in [0.25, 0.3) is 5.15 Å². The van der Waals surface area contributed by atoms with Gasteiger partial charge in [0.15, 0.2) is 6.20 Å². The summed E-state index contributed by atoms with van der Waals surface area (Å²) in [7, 11) is 0. The third-order valence-electron chi connectivity index (χ3n) is 0.671. The fourth-order valence-corrected chi connectivity index (χ4v) is 0.507. The molecule has 0 amide bonds. The van der Waals surface area contributed by atoms with Crippen LogP contribution in [-0.4, -0.2) is 0 Å². The van der Waals surface area contributed by atoms with E-state index in [1.165, 1.54) is 0 Å². The first kappa shape index (κ1) is 29.7. The van der Waals surface area contributed by atoms with Crippen molar-refractivity contribution in [2.24, 2.45) is 0 Å². The predicted molar refractivity (Wildman–Crippen MR) is 30.8 cm³/mol. The Bertz CT molecular complexity index is 153. The van der Waals surface area contributed by atoms with Crippen LogP contribution in [-0.2, 0) is 42.3 Å². The predicted octanol–water partition coefficient (Wildman–Crippen LogP) is 0.676. The number of pyridine rings is 1. The zero-order valence-electron chi connectivity index (χ0n) is 5.70. The molecule has 0 spiro atoms. The SMILES string of the molecule is Clc1cccc[nH+]1.[O-2].[O-2].[O-2].[O-2].[Re]. The van der Waals surface area contributed by atoms with Crippen molar-refractivity contribution in [3.63, 3.8) is 0 Å². The average Bonchev–Trinajstić information content (AvgIpc) is 1.69. The van der Waals surface area contributed by atoms with Crippen molar-refractivity contribution < 1.29 is 47.3 Å². The van der Waals surface area contributed by atoms with Gasteiger partial charge in [0, 0.05) is 32.6 Å². The first-order valence-corrected chi connectivity index (χ1v) is 2.39. The van der Waals surface area contributed by atoms with Gasteiger partial charge in [-0.1, -0.05) is 0 Å². The van der Waals surface area contributed by atoms with Crippen LogP contribution in [0.5, 0.6) is 0 Å². The van der Waals surface area contributed by atoms with Crippen molar-refractivity contribution in [2.75, 3.05) is 0 Å². The van der Waals surface area contributed by atoms with Crippen LogP contribution in [0.1, 0.15) is 0 Å².